The van der Waals surface area contributed by atoms with Gasteiger partial charge in [0.05, 0.1) is 0 Å². The predicted octanol–water partition coefficient (Wildman–Crippen LogP) is 5.12. The second kappa shape index (κ2) is 7.49. The molecule has 0 aromatic heterocycles. The summed E-state index contributed by atoms with van der Waals surface area (Å²) in [6.45, 7) is 7.04. The van der Waals surface area contributed by atoms with Gasteiger partial charge in [0.2, 0.25) is 0 Å². The SMILES string of the molecule is CCCCC(CCC)O[Si]1(C)CCCCC1. The smallest absolute Gasteiger partial charge is 0.190 e. The Morgan fingerprint density at radius 1 is 1.00 bits per heavy atom. The van der Waals surface area contributed by atoms with Gasteiger partial charge in [0.15, 0.2) is 8.32 Å². The molecule has 1 aliphatic rings. The molecule has 1 saturated heterocycles. The Morgan fingerprint density at radius 3 is 2.25 bits per heavy atom. The second-order valence-corrected chi connectivity index (χ2v) is 9.82. The van der Waals surface area contributed by atoms with Crippen molar-refractivity contribution in [2.24, 2.45) is 0 Å². The Morgan fingerprint density at radius 2 is 1.69 bits per heavy atom. The molecule has 16 heavy (non-hydrogen) atoms. The highest BCUT2D eigenvalue weighted by Gasteiger charge is 2.33. The van der Waals surface area contributed by atoms with E-state index in [1.54, 1.807) is 0 Å². The van der Waals surface area contributed by atoms with Crippen LogP contribution >= 0.6 is 0 Å². The lowest BCUT2D eigenvalue weighted by molar-refractivity contribution is 0.161. The van der Waals surface area contributed by atoms with E-state index in [1.807, 2.05) is 0 Å². The first kappa shape index (κ1) is 14.2. The van der Waals surface area contributed by atoms with Gasteiger partial charge in [-0.2, -0.15) is 0 Å². The van der Waals surface area contributed by atoms with E-state index in [2.05, 4.69) is 20.4 Å². The van der Waals surface area contributed by atoms with Crippen LogP contribution in [0.15, 0.2) is 0 Å². The third-order valence-corrected chi connectivity index (χ3v) is 7.58. The Balaban J connectivity index is 2.38. The van der Waals surface area contributed by atoms with Crippen LogP contribution in [0.2, 0.25) is 18.6 Å². The molecule has 96 valence electrons. The first-order valence-corrected chi connectivity index (χ1v) is 10.2. The summed E-state index contributed by atoms with van der Waals surface area (Å²) in [5, 5.41) is 0. The van der Waals surface area contributed by atoms with Gasteiger partial charge in [-0.3, -0.25) is 0 Å². The molecule has 1 aliphatic heterocycles. The third-order valence-electron chi connectivity index (χ3n) is 3.85. The van der Waals surface area contributed by atoms with Gasteiger partial charge in [-0.25, -0.2) is 0 Å². The fraction of sp³-hybridized carbons (Fsp3) is 1.00. The van der Waals surface area contributed by atoms with E-state index < -0.39 is 8.32 Å². The highest BCUT2D eigenvalue weighted by atomic mass is 28.4. The van der Waals surface area contributed by atoms with Crippen LogP contribution in [0.5, 0.6) is 0 Å². The van der Waals surface area contributed by atoms with Crippen LogP contribution in [0.25, 0.3) is 0 Å². The molecule has 0 aliphatic carbocycles. The number of hydrogen-bond donors (Lipinski definition) is 0. The summed E-state index contributed by atoms with van der Waals surface area (Å²) in [6.07, 6.45) is 11.4. The lowest BCUT2D eigenvalue weighted by atomic mass is 10.1. The van der Waals surface area contributed by atoms with E-state index in [4.69, 9.17) is 4.43 Å². The molecule has 0 amide bonds. The summed E-state index contributed by atoms with van der Waals surface area (Å²) in [5.41, 5.74) is 0. The topological polar surface area (TPSA) is 9.23 Å². The van der Waals surface area contributed by atoms with Crippen molar-refractivity contribution in [1.29, 1.82) is 0 Å². The summed E-state index contributed by atoms with van der Waals surface area (Å²) in [7, 11) is -1.29. The van der Waals surface area contributed by atoms with Crippen LogP contribution in [0.1, 0.15) is 65.2 Å². The quantitative estimate of drug-likeness (QED) is 0.563. The Kier molecular flexibility index (Phi) is 6.67. The minimum Gasteiger partial charge on any atom is -0.414 e. The van der Waals surface area contributed by atoms with Crippen molar-refractivity contribution in [1.82, 2.24) is 0 Å². The fourth-order valence-corrected chi connectivity index (χ4v) is 6.36. The fourth-order valence-electron chi connectivity index (χ4n) is 2.84. The molecule has 0 aromatic carbocycles. The van der Waals surface area contributed by atoms with Gasteiger partial charge >= 0.3 is 0 Å². The van der Waals surface area contributed by atoms with Gasteiger partial charge in [0.25, 0.3) is 0 Å². The molecule has 0 aromatic rings. The predicted molar refractivity (Wildman–Crippen MR) is 74.4 cm³/mol. The minimum atomic E-state index is -1.29. The monoisotopic (exact) mass is 242 g/mol. The molecule has 0 spiro atoms. The minimum absolute atomic E-state index is 0.583. The average Bonchev–Trinajstić information content (AvgIpc) is 2.27. The Labute approximate surface area is 103 Å². The van der Waals surface area contributed by atoms with Gasteiger partial charge in [-0.05, 0) is 31.5 Å². The molecule has 0 saturated carbocycles. The number of hydrogen-bond acceptors (Lipinski definition) is 1. The van der Waals surface area contributed by atoms with Crippen LogP contribution < -0.4 is 0 Å². The molecule has 2 heteroatoms. The van der Waals surface area contributed by atoms with E-state index in [-0.39, 0.29) is 0 Å². The van der Waals surface area contributed by atoms with Crippen molar-refractivity contribution >= 4 is 8.32 Å². The molecule has 1 atom stereocenters. The summed E-state index contributed by atoms with van der Waals surface area (Å²) >= 11 is 0. The molecular weight excluding hydrogens is 212 g/mol. The van der Waals surface area contributed by atoms with E-state index in [1.165, 1.54) is 63.5 Å². The van der Waals surface area contributed by atoms with Crippen molar-refractivity contribution in [3.8, 4) is 0 Å². The Hall–Kier alpha value is 0.177. The van der Waals surface area contributed by atoms with Crippen molar-refractivity contribution in [3.05, 3.63) is 0 Å². The van der Waals surface area contributed by atoms with Crippen molar-refractivity contribution < 1.29 is 4.43 Å². The standard InChI is InChI=1S/C14H30OSi/c1-4-6-11-14(10-5-2)15-16(3)12-8-7-9-13-16/h14H,4-13H2,1-3H3. The van der Waals surface area contributed by atoms with Gasteiger partial charge in [0.1, 0.15) is 0 Å². The highest BCUT2D eigenvalue weighted by Crippen LogP contribution is 2.31. The molecule has 1 heterocycles. The van der Waals surface area contributed by atoms with E-state index in [9.17, 15) is 0 Å². The van der Waals surface area contributed by atoms with Crippen LogP contribution in [-0.4, -0.2) is 14.4 Å². The van der Waals surface area contributed by atoms with Gasteiger partial charge < -0.3 is 4.43 Å². The van der Waals surface area contributed by atoms with Crippen LogP contribution in [0.4, 0.5) is 0 Å². The van der Waals surface area contributed by atoms with Crippen LogP contribution in [-0.2, 0) is 4.43 Å². The average molecular weight is 242 g/mol. The molecule has 0 bridgehead atoms. The Bertz CT molecular complexity index is 176. The second-order valence-electron chi connectivity index (χ2n) is 5.68. The zero-order chi connectivity index (χ0) is 11.9. The lowest BCUT2D eigenvalue weighted by Crippen LogP contribution is -2.40. The summed E-state index contributed by atoms with van der Waals surface area (Å²) < 4.78 is 6.56. The van der Waals surface area contributed by atoms with E-state index >= 15 is 0 Å². The normalized spacial score (nSPS) is 21.9. The summed E-state index contributed by atoms with van der Waals surface area (Å²) in [6, 6.07) is 2.83. The maximum Gasteiger partial charge on any atom is 0.190 e. The third kappa shape index (κ3) is 5.01. The van der Waals surface area contributed by atoms with Gasteiger partial charge in [-0.1, -0.05) is 52.4 Å². The molecule has 0 N–H and O–H groups in total. The molecule has 1 rings (SSSR count). The van der Waals surface area contributed by atoms with Crippen LogP contribution in [0.3, 0.4) is 0 Å². The van der Waals surface area contributed by atoms with Crippen molar-refractivity contribution in [3.63, 3.8) is 0 Å². The maximum absolute atomic E-state index is 6.56. The molecule has 1 fully saturated rings. The highest BCUT2D eigenvalue weighted by molar-refractivity contribution is 6.72. The summed E-state index contributed by atoms with van der Waals surface area (Å²) in [5.74, 6) is 0. The van der Waals surface area contributed by atoms with Crippen LogP contribution in [0, 0.1) is 0 Å². The first-order chi connectivity index (χ1) is 7.70. The van der Waals surface area contributed by atoms with E-state index in [0.29, 0.717) is 6.10 Å². The maximum atomic E-state index is 6.56. The zero-order valence-electron chi connectivity index (χ0n) is 11.6. The summed E-state index contributed by atoms with van der Waals surface area (Å²) in [4.78, 5) is 0. The van der Waals surface area contributed by atoms with E-state index in [0.717, 1.165) is 0 Å². The van der Waals surface area contributed by atoms with Crippen molar-refractivity contribution in [2.75, 3.05) is 0 Å². The van der Waals surface area contributed by atoms with Gasteiger partial charge in [-0.15, -0.1) is 0 Å². The number of rotatable bonds is 7. The van der Waals surface area contributed by atoms with Crippen molar-refractivity contribution in [2.45, 2.75) is 90.0 Å². The van der Waals surface area contributed by atoms with Gasteiger partial charge in [0, 0.05) is 6.10 Å². The molecule has 1 nitrogen and oxygen atoms in total. The number of unbranched alkanes of at least 4 members (excludes halogenated alkanes) is 1. The zero-order valence-corrected chi connectivity index (χ0v) is 12.6. The molecule has 0 radical (unpaired) electrons. The largest absolute Gasteiger partial charge is 0.414 e. The lowest BCUT2D eigenvalue weighted by Gasteiger charge is -2.35. The molecular formula is C14H30OSi. The molecule has 1 unspecified atom stereocenters. The first-order valence-electron chi connectivity index (χ1n) is 7.38.